The number of para-hydroxylation sites is 1. The van der Waals surface area contributed by atoms with Crippen molar-refractivity contribution in [1.82, 2.24) is 4.90 Å². The number of nitrogens with zero attached hydrogens (tertiary/aromatic N) is 1. The fraction of sp³-hybridized carbons (Fsp3) is 0.609. The Balaban J connectivity index is 1.56. The van der Waals surface area contributed by atoms with Crippen LogP contribution in [0.15, 0.2) is 30.4 Å². The molecular weight excluding hydrogens is 338 g/mol. The molecule has 1 heterocycles. The Labute approximate surface area is 162 Å². The van der Waals surface area contributed by atoms with Crippen LogP contribution in [0.2, 0.25) is 0 Å². The Morgan fingerprint density at radius 3 is 2.63 bits per heavy atom. The smallest absolute Gasteiger partial charge is 0.232 e. The van der Waals surface area contributed by atoms with E-state index in [0.717, 1.165) is 55.8 Å². The van der Waals surface area contributed by atoms with Crippen LogP contribution in [0, 0.1) is 16.7 Å². The van der Waals surface area contributed by atoms with Gasteiger partial charge in [-0.2, -0.15) is 0 Å². The summed E-state index contributed by atoms with van der Waals surface area (Å²) in [6.45, 7) is 10.5. The first kappa shape index (κ1) is 18.4. The molecule has 146 valence electrons. The minimum atomic E-state index is -0.318. The largest absolute Gasteiger partial charge is 0.493 e. The maximum Gasteiger partial charge on any atom is 0.232 e. The Kier molecular flexibility index (Phi) is 4.28. The van der Waals surface area contributed by atoms with E-state index < -0.39 is 0 Å². The molecule has 0 N–H and O–H groups in total. The highest BCUT2D eigenvalue weighted by molar-refractivity contribution is 5.88. The summed E-state index contributed by atoms with van der Waals surface area (Å²) in [7, 11) is 3.34. The molecule has 2 aliphatic carbocycles. The number of ether oxygens (including phenoxy) is 2. The van der Waals surface area contributed by atoms with Gasteiger partial charge in [-0.1, -0.05) is 38.1 Å². The van der Waals surface area contributed by atoms with E-state index in [1.54, 1.807) is 14.2 Å². The summed E-state index contributed by atoms with van der Waals surface area (Å²) in [6, 6.07) is 6.02. The van der Waals surface area contributed by atoms with Gasteiger partial charge >= 0.3 is 0 Å². The van der Waals surface area contributed by atoms with E-state index >= 15 is 0 Å². The second kappa shape index (κ2) is 6.29. The van der Waals surface area contributed by atoms with Gasteiger partial charge in [-0.15, -0.1) is 0 Å². The third-order valence-corrected chi connectivity index (χ3v) is 7.65. The molecule has 0 unspecified atom stereocenters. The topological polar surface area (TPSA) is 38.8 Å². The van der Waals surface area contributed by atoms with E-state index in [-0.39, 0.29) is 16.7 Å². The zero-order chi connectivity index (χ0) is 19.4. The summed E-state index contributed by atoms with van der Waals surface area (Å²) < 4.78 is 11.1. The fourth-order valence-corrected chi connectivity index (χ4v) is 5.86. The van der Waals surface area contributed by atoms with Crippen molar-refractivity contribution >= 4 is 5.91 Å². The van der Waals surface area contributed by atoms with Crippen LogP contribution >= 0.6 is 0 Å². The molecule has 1 amide bonds. The predicted octanol–water partition coefficient (Wildman–Crippen LogP) is 4.40. The first-order valence-electron chi connectivity index (χ1n) is 10.0. The third kappa shape index (κ3) is 2.52. The molecule has 0 aromatic heterocycles. The van der Waals surface area contributed by atoms with Crippen molar-refractivity contribution in [3.8, 4) is 11.5 Å². The molecule has 4 heteroatoms. The van der Waals surface area contributed by atoms with Gasteiger partial charge in [-0.25, -0.2) is 0 Å². The molecule has 0 spiro atoms. The van der Waals surface area contributed by atoms with Crippen LogP contribution in [0.3, 0.4) is 0 Å². The van der Waals surface area contributed by atoms with E-state index in [1.807, 2.05) is 12.1 Å². The number of amides is 1. The van der Waals surface area contributed by atoms with Crippen LogP contribution in [0.4, 0.5) is 0 Å². The molecule has 1 saturated heterocycles. The fourth-order valence-electron chi connectivity index (χ4n) is 5.86. The number of hydrogen-bond acceptors (Lipinski definition) is 3. The maximum atomic E-state index is 13.6. The number of methoxy groups -OCH3 is 2. The van der Waals surface area contributed by atoms with Crippen LogP contribution in [0.5, 0.6) is 11.5 Å². The summed E-state index contributed by atoms with van der Waals surface area (Å²) in [6.07, 6.45) is 4.08. The van der Waals surface area contributed by atoms with Crippen molar-refractivity contribution in [3.63, 3.8) is 0 Å². The number of carbonyl (C=O) groups excluding carboxylic acids is 1. The molecule has 1 aromatic rings. The normalized spacial score (nSPS) is 31.4. The third-order valence-electron chi connectivity index (χ3n) is 7.65. The molecule has 3 atom stereocenters. The summed E-state index contributed by atoms with van der Waals surface area (Å²) in [5, 5.41) is 0. The molecular formula is C23H31NO3. The number of hydrogen-bond donors (Lipinski definition) is 0. The van der Waals surface area contributed by atoms with Gasteiger partial charge in [0.15, 0.2) is 11.5 Å². The Morgan fingerprint density at radius 2 is 2.00 bits per heavy atom. The standard InChI is InChI=1S/C23H31NO3/c1-15-22(2,3)17-9-11-23(15,13-17)21(25)24-12-10-16(14-24)18-7-6-8-19(26-4)20(18)27-5/h6-8,16-17H,1,9-14H2,2-5H3/t16-,17+,23+/m1/s1. The number of likely N-dealkylation sites (tertiary alicyclic amines) is 1. The molecule has 1 aliphatic heterocycles. The molecule has 2 saturated carbocycles. The van der Waals surface area contributed by atoms with Gasteiger partial charge in [0.25, 0.3) is 0 Å². The van der Waals surface area contributed by atoms with Crippen molar-refractivity contribution in [2.45, 2.75) is 45.4 Å². The molecule has 27 heavy (non-hydrogen) atoms. The molecule has 2 bridgehead atoms. The SMILES string of the molecule is C=C1C(C)(C)[C@H]2CC[C@]1(C(=O)N1CC[C@@H](c3cccc(OC)c3OC)C1)C2. The van der Waals surface area contributed by atoms with Crippen molar-refractivity contribution in [2.24, 2.45) is 16.7 Å². The Hall–Kier alpha value is -1.97. The first-order chi connectivity index (χ1) is 12.8. The van der Waals surface area contributed by atoms with Crippen LogP contribution in [-0.4, -0.2) is 38.1 Å². The summed E-state index contributed by atoms with van der Waals surface area (Å²) in [4.78, 5) is 15.7. The van der Waals surface area contributed by atoms with E-state index in [2.05, 4.69) is 31.4 Å². The lowest BCUT2D eigenvalue weighted by Gasteiger charge is -2.39. The van der Waals surface area contributed by atoms with E-state index in [9.17, 15) is 4.79 Å². The van der Waals surface area contributed by atoms with E-state index in [1.165, 1.54) is 5.57 Å². The van der Waals surface area contributed by atoms with Crippen molar-refractivity contribution in [2.75, 3.05) is 27.3 Å². The highest BCUT2D eigenvalue weighted by atomic mass is 16.5. The van der Waals surface area contributed by atoms with Crippen molar-refractivity contribution in [1.29, 1.82) is 0 Å². The van der Waals surface area contributed by atoms with Crippen molar-refractivity contribution in [3.05, 3.63) is 35.9 Å². The van der Waals surface area contributed by atoms with Gasteiger partial charge in [0.2, 0.25) is 5.91 Å². The predicted molar refractivity (Wildman–Crippen MR) is 106 cm³/mol. The molecule has 1 aromatic carbocycles. The zero-order valence-electron chi connectivity index (χ0n) is 17.0. The Bertz CT molecular complexity index is 784. The molecule has 3 aliphatic rings. The lowest BCUT2D eigenvalue weighted by atomic mass is 9.68. The molecule has 3 fully saturated rings. The number of rotatable bonds is 4. The lowest BCUT2D eigenvalue weighted by Crippen LogP contribution is -2.43. The van der Waals surface area contributed by atoms with Crippen LogP contribution in [-0.2, 0) is 4.79 Å². The van der Waals surface area contributed by atoms with Crippen LogP contribution < -0.4 is 9.47 Å². The summed E-state index contributed by atoms with van der Waals surface area (Å²) in [5.41, 5.74) is 2.07. The average molecular weight is 370 g/mol. The van der Waals surface area contributed by atoms with Crippen LogP contribution in [0.25, 0.3) is 0 Å². The van der Waals surface area contributed by atoms with Gasteiger partial charge in [-0.3, -0.25) is 4.79 Å². The first-order valence-corrected chi connectivity index (χ1v) is 10.0. The lowest BCUT2D eigenvalue weighted by molar-refractivity contribution is -0.138. The zero-order valence-corrected chi connectivity index (χ0v) is 17.0. The van der Waals surface area contributed by atoms with Crippen molar-refractivity contribution < 1.29 is 14.3 Å². The highest BCUT2D eigenvalue weighted by Crippen LogP contribution is 2.66. The Morgan fingerprint density at radius 1 is 1.22 bits per heavy atom. The number of fused-ring (bicyclic) bond motifs is 2. The van der Waals surface area contributed by atoms with Gasteiger partial charge in [0.05, 0.1) is 19.6 Å². The van der Waals surface area contributed by atoms with E-state index in [0.29, 0.717) is 11.8 Å². The summed E-state index contributed by atoms with van der Waals surface area (Å²) >= 11 is 0. The molecule has 4 rings (SSSR count). The molecule has 4 nitrogen and oxygen atoms in total. The maximum absolute atomic E-state index is 13.6. The minimum Gasteiger partial charge on any atom is -0.493 e. The van der Waals surface area contributed by atoms with Gasteiger partial charge in [0.1, 0.15) is 0 Å². The minimum absolute atomic E-state index is 0.0864. The van der Waals surface area contributed by atoms with Gasteiger partial charge < -0.3 is 14.4 Å². The van der Waals surface area contributed by atoms with Crippen LogP contribution in [0.1, 0.15) is 51.0 Å². The highest BCUT2D eigenvalue weighted by Gasteiger charge is 2.62. The second-order valence-corrected chi connectivity index (χ2v) is 9.04. The number of carbonyl (C=O) groups is 1. The van der Waals surface area contributed by atoms with Gasteiger partial charge in [-0.05, 0) is 43.1 Å². The average Bonchev–Trinajstić information content (AvgIpc) is 3.37. The second-order valence-electron chi connectivity index (χ2n) is 9.04. The van der Waals surface area contributed by atoms with Gasteiger partial charge in [0, 0.05) is 24.6 Å². The summed E-state index contributed by atoms with van der Waals surface area (Å²) in [5.74, 6) is 2.75. The molecule has 0 radical (unpaired) electrons. The van der Waals surface area contributed by atoms with E-state index in [4.69, 9.17) is 9.47 Å². The quantitative estimate of drug-likeness (QED) is 0.738. The monoisotopic (exact) mass is 369 g/mol. The number of benzene rings is 1.